The standard InChI is InChI=1S/C21H27F3N2O4/c22-21(23,24)14-3-1-13(2-4-14)12-30-16-7-15(9-25-10-16)26-5-6-29-19(11-26)17-8-18(17)20(27)28/h7,9-10,13-14,17-19H,1-6,8,11-12H2,(H,27,28)/t13?,14?,17-,18-,19+/m1/s1. The monoisotopic (exact) mass is 428 g/mol. The fourth-order valence-electron chi connectivity index (χ4n) is 4.61. The van der Waals surface area contributed by atoms with E-state index in [4.69, 9.17) is 14.6 Å². The maximum Gasteiger partial charge on any atom is 0.391 e. The van der Waals surface area contributed by atoms with Gasteiger partial charge in [0.2, 0.25) is 0 Å². The molecule has 2 saturated carbocycles. The van der Waals surface area contributed by atoms with Crippen LogP contribution in [0.15, 0.2) is 18.5 Å². The quantitative estimate of drug-likeness (QED) is 0.744. The van der Waals surface area contributed by atoms with Gasteiger partial charge in [-0.2, -0.15) is 13.2 Å². The van der Waals surface area contributed by atoms with Crippen molar-refractivity contribution in [2.24, 2.45) is 23.7 Å². The molecular formula is C21H27F3N2O4. The zero-order chi connectivity index (χ0) is 21.3. The molecule has 1 N–H and O–H groups in total. The largest absolute Gasteiger partial charge is 0.492 e. The average Bonchev–Trinajstić information content (AvgIpc) is 3.54. The molecule has 6 nitrogen and oxygen atoms in total. The molecule has 1 saturated heterocycles. The van der Waals surface area contributed by atoms with Crippen LogP contribution in [0.3, 0.4) is 0 Å². The highest BCUT2D eigenvalue weighted by Gasteiger charge is 2.49. The summed E-state index contributed by atoms with van der Waals surface area (Å²) in [7, 11) is 0. The van der Waals surface area contributed by atoms with E-state index in [1.165, 1.54) is 0 Å². The maximum absolute atomic E-state index is 12.8. The van der Waals surface area contributed by atoms with E-state index in [2.05, 4.69) is 9.88 Å². The summed E-state index contributed by atoms with van der Waals surface area (Å²) in [5, 5.41) is 9.14. The Morgan fingerprint density at radius 3 is 2.70 bits per heavy atom. The fraction of sp³-hybridized carbons (Fsp3) is 0.714. The van der Waals surface area contributed by atoms with Crippen LogP contribution >= 0.6 is 0 Å². The number of carboxylic acid groups (broad SMARTS) is 1. The molecule has 30 heavy (non-hydrogen) atoms. The van der Waals surface area contributed by atoms with E-state index in [1.807, 2.05) is 6.07 Å². The number of carbonyl (C=O) groups is 1. The summed E-state index contributed by atoms with van der Waals surface area (Å²) >= 11 is 0. The summed E-state index contributed by atoms with van der Waals surface area (Å²) in [6.07, 6.45) is 1.20. The zero-order valence-electron chi connectivity index (χ0n) is 16.7. The van der Waals surface area contributed by atoms with Gasteiger partial charge in [-0.1, -0.05) is 0 Å². The predicted molar refractivity (Wildman–Crippen MR) is 102 cm³/mol. The van der Waals surface area contributed by atoms with Crippen molar-refractivity contribution < 1.29 is 32.5 Å². The Hall–Kier alpha value is -2.03. The molecule has 1 aliphatic heterocycles. The number of carboxylic acids is 1. The first-order valence-electron chi connectivity index (χ1n) is 10.5. The first-order valence-corrected chi connectivity index (χ1v) is 10.5. The Labute approximate surface area is 173 Å². The van der Waals surface area contributed by atoms with Crippen LogP contribution < -0.4 is 9.64 Å². The van der Waals surface area contributed by atoms with Crippen molar-refractivity contribution in [1.82, 2.24) is 4.98 Å². The molecule has 0 amide bonds. The lowest BCUT2D eigenvalue weighted by Gasteiger charge is -2.34. The molecule has 0 unspecified atom stereocenters. The lowest BCUT2D eigenvalue weighted by molar-refractivity contribution is -0.184. The van der Waals surface area contributed by atoms with Gasteiger partial charge >= 0.3 is 12.1 Å². The first-order chi connectivity index (χ1) is 14.3. The number of alkyl halides is 3. The molecule has 0 bridgehead atoms. The number of hydrogen-bond donors (Lipinski definition) is 1. The van der Waals surface area contributed by atoms with Gasteiger partial charge in [0.05, 0.1) is 49.2 Å². The highest BCUT2D eigenvalue weighted by molar-refractivity contribution is 5.73. The molecule has 1 aromatic heterocycles. The second-order valence-electron chi connectivity index (χ2n) is 8.65. The van der Waals surface area contributed by atoms with Crippen molar-refractivity contribution >= 4 is 11.7 Å². The van der Waals surface area contributed by atoms with E-state index in [1.54, 1.807) is 12.4 Å². The molecule has 0 aromatic carbocycles. The maximum atomic E-state index is 12.8. The number of aliphatic carboxylic acids is 1. The second-order valence-corrected chi connectivity index (χ2v) is 8.65. The van der Waals surface area contributed by atoms with Gasteiger partial charge < -0.3 is 19.5 Å². The number of hydrogen-bond acceptors (Lipinski definition) is 5. The van der Waals surface area contributed by atoms with Crippen LogP contribution in [0.4, 0.5) is 18.9 Å². The Morgan fingerprint density at radius 1 is 1.27 bits per heavy atom. The lowest BCUT2D eigenvalue weighted by atomic mass is 9.82. The van der Waals surface area contributed by atoms with Crippen LogP contribution in [0.1, 0.15) is 32.1 Å². The Morgan fingerprint density at radius 2 is 2.03 bits per heavy atom. The first kappa shape index (κ1) is 21.2. The van der Waals surface area contributed by atoms with Gasteiger partial charge in [-0.25, -0.2) is 0 Å². The number of halogens is 3. The average molecular weight is 428 g/mol. The number of ether oxygens (including phenoxy) is 2. The summed E-state index contributed by atoms with van der Waals surface area (Å²) in [6.45, 7) is 2.22. The van der Waals surface area contributed by atoms with Gasteiger partial charge in [0.1, 0.15) is 5.75 Å². The molecule has 4 rings (SSSR count). The lowest BCUT2D eigenvalue weighted by Crippen LogP contribution is -2.44. The highest BCUT2D eigenvalue weighted by Crippen LogP contribution is 2.44. The number of aromatic nitrogens is 1. The van der Waals surface area contributed by atoms with E-state index >= 15 is 0 Å². The summed E-state index contributed by atoms with van der Waals surface area (Å²) in [5.74, 6) is -1.46. The van der Waals surface area contributed by atoms with Gasteiger partial charge in [0.25, 0.3) is 0 Å². The van der Waals surface area contributed by atoms with Gasteiger partial charge in [-0.3, -0.25) is 9.78 Å². The smallest absolute Gasteiger partial charge is 0.391 e. The minimum absolute atomic E-state index is 0.0597. The second kappa shape index (κ2) is 8.61. The molecule has 3 fully saturated rings. The van der Waals surface area contributed by atoms with Crippen LogP contribution in [0.25, 0.3) is 0 Å². The Kier molecular flexibility index (Phi) is 6.09. The van der Waals surface area contributed by atoms with Crippen molar-refractivity contribution in [3.8, 4) is 5.75 Å². The summed E-state index contributed by atoms with van der Waals surface area (Å²) in [4.78, 5) is 17.5. The minimum atomic E-state index is -4.09. The molecule has 3 aliphatic rings. The van der Waals surface area contributed by atoms with Crippen LogP contribution in [0.5, 0.6) is 5.75 Å². The van der Waals surface area contributed by atoms with E-state index in [0.29, 0.717) is 51.3 Å². The Bertz CT molecular complexity index is 752. The molecule has 3 atom stereocenters. The molecule has 166 valence electrons. The third-order valence-electron chi connectivity index (χ3n) is 6.59. The van der Waals surface area contributed by atoms with Crippen LogP contribution in [0.2, 0.25) is 0 Å². The molecular weight excluding hydrogens is 401 g/mol. The van der Waals surface area contributed by atoms with Crippen molar-refractivity contribution in [3.63, 3.8) is 0 Å². The highest BCUT2D eigenvalue weighted by atomic mass is 19.4. The van der Waals surface area contributed by atoms with Crippen LogP contribution in [0, 0.1) is 23.7 Å². The van der Waals surface area contributed by atoms with Crippen molar-refractivity contribution in [2.45, 2.75) is 44.4 Å². The van der Waals surface area contributed by atoms with Crippen LogP contribution in [-0.4, -0.2) is 54.6 Å². The third kappa shape index (κ3) is 4.99. The van der Waals surface area contributed by atoms with Gasteiger partial charge in [-0.05, 0) is 38.0 Å². The fourth-order valence-corrected chi connectivity index (χ4v) is 4.61. The topological polar surface area (TPSA) is 71.9 Å². The number of morpholine rings is 1. The molecule has 1 aromatic rings. The molecule has 0 radical (unpaired) electrons. The van der Waals surface area contributed by atoms with E-state index in [-0.39, 0.29) is 36.7 Å². The summed E-state index contributed by atoms with van der Waals surface area (Å²) in [6, 6.07) is 1.89. The van der Waals surface area contributed by atoms with Gasteiger partial charge in [-0.15, -0.1) is 0 Å². The van der Waals surface area contributed by atoms with Gasteiger partial charge in [0, 0.05) is 25.1 Å². The normalized spacial score (nSPS) is 32.0. The molecule has 2 heterocycles. The van der Waals surface area contributed by atoms with Gasteiger partial charge in [0.15, 0.2) is 0 Å². The SMILES string of the molecule is O=C(O)[C@@H]1C[C@H]1[C@@H]1CN(c2cncc(OCC3CCC(C(F)(F)F)CC3)c2)CCO1. The third-order valence-corrected chi connectivity index (χ3v) is 6.59. The number of rotatable bonds is 6. The van der Waals surface area contributed by atoms with E-state index in [9.17, 15) is 18.0 Å². The molecule has 0 spiro atoms. The number of anilines is 1. The number of nitrogens with zero attached hydrogens (tertiary/aromatic N) is 2. The number of pyridine rings is 1. The van der Waals surface area contributed by atoms with Crippen molar-refractivity contribution in [1.29, 1.82) is 0 Å². The van der Waals surface area contributed by atoms with Crippen molar-refractivity contribution in [3.05, 3.63) is 18.5 Å². The van der Waals surface area contributed by atoms with Crippen LogP contribution in [-0.2, 0) is 9.53 Å². The molecule has 2 aliphatic carbocycles. The van der Waals surface area contributed by atoms with E-state index in [0.717, 1.165) is 5.69 Å². The Balaban J connectivity index is 1.28. The summed E-state index contributed by atoms with van der Waals surface area (Å²) < 4.78 is 50.0. The zero-order valence-corrected chi connectivity index (χ0v) is 16.7. The predicted octanol–water partition coefficient (Wildman–Crippen LogP) is 3.76. The minimum Gasteiger partial charge on any atom is -0.492 e. The van der Waals surface area contributed by atoms with E-state index < -0.39 is 18.1 Å². The van der Waals surface area contributed by atoms with Crippen molar-refractivity contribution in [2.75, 3.05) is 31.2 Å². The molecule has 9 heteroatoms. The summed E-state index contributed by atoms with van der Waals surface area (Å²) in [5.41, 5.74) is 0.883.